The highest BCUT2D eigenvalue weighted by Crippen LogP contribution is 2.14. The number of hydrogen-bond donors (Lipinski definition) is 1. The minimum atomic E-state index is -0.0201. The molecule has 2 aromatic carbocycles. The van der Waals surface area contributed by atoms with Crippen LogP contribution in [0.2, 0.25) is 5.02 Å². The number of halogens is 1. The first kappa shape index (κ1) is 14.0. The molecule has 2 rings (SSSR count). The molecule has 0 unspecified atom stereocenters. The second kappa shape index (κ2) is 6.13. The van der Waals surface area contributed by atoms with Crippen molar-refractivity contribution in [2.45, 2.75) is 11.4 Å². The molecule has 0 N–H and O–H groups in total. The van der Waals surface area contributed by atoms with Crippen molar-refractivity contribution < 1.29 is 4.79 Å². The van der Waals surface area contributed by atoms with Crippen LogP contribution in [-0.4, -0.2) is 17.9 Å². The van der Waals surface area contributed by atoms with Gasteiger partial charge in [0, 0.05) is 29.1 Å². The lowest BCUT2D eigenvalue weighted by atomic mass is 10.1. The lowest BCUT2D eigenvalue weighted by molar-refractivity contribution is 0.0785. The van der Waals surface area contributed by atoms with Crippen LogP contribution in [0, 0.1) is 0 Å². The monoisotopic (exact) mass is 291 g/mol. The van der Waals surface area contributed by atoms with Gasteiger partial charge in [0.2, 0.25) is 0 Å². The van der Waals surface area contributed by atoms with Crippen LogP contribution >= 0.6 is 24.2 Å². The Morgan fingerprint density at radius 2 is 1.89 bits per heavy atom. The molecule has 0 atom stereocenters. The Hall–Kier alpha value is -1.45. The van der Waals surface area contributed by atoms with E-state index in [9.17, 15) is 4.79 Å². The first-order valence-electron chi connectivity index (χ1n) is 5.85. The van der Waals surface area contributed by atoms with Crippen molar-refractivity contribution in [3.63, 3.8) is 0 Å². The summed E-state index contributed by atoms with van der Waals surface area (Å²) in [5, 5.41) is 0.678. The van der Waals surface area contributed by atoms with Gasteiger partial charge in [-0.2, -0.15) is 0 Å². The van der Waals surface area contributed by atoms with Crippen molar-refractivity contribution in [3.8, 4) is 0 Å². The van der Waals surface area contributed by atoms with E-state index in [1.807, 2.05) is 36.4 Å². The Morgan fingerprint density at radius 1 is 1.21 bits per heavy atom. The standard InChI is InChI=1S/C15H14ClNOS/c1-17(10-11-3-2-4-13(16)9-11)15(18)12-5-7-14(19)8-6-12/h2-9,19H,10H2,1H3. The number of hydrogen-bond acceptors (Lipinski definition) is 2. The fourth-order valence-corrected chi connectivity index (χ4v) is 2.17. The molecule has 0 aromatic heterocycles. The minimum absolute atomic E-state index is 0.0201. The topological polar surface area (TPSA) is 20.3 Å². The van der Waals surface area contributed by atoms with Gasteiger partial charge in [-0.05, 0) is 42.0 Å². The zero-order valence-corrected chi connectivity index (χ0v) is 12.2. The molecule has 2 nitrogen and oxygen atoms in total. The van der Waals surface area contributed by atoms with Crippen LogP contribution in [0.15, 0.2) is 53.4 Å². The van der Waals surface area contributed by atoms with E-state index >= 15 is 0 Å². The molecule has 4 heteroatoms. The van der Waals surface area contributed by atoms with Crippen LogP contribution in [0.1, 0.15) is 15.9 Å². The third-order valence-electron chi connectivity index (χ3n) is 2.77. The summed E-state index contributed by atoms with van der Waals surface area (Å²) in [6, 6.07) is 14.7. The second-order valence-electron chi connectivity index (χ2n) is 4.34. The quantitative estimate of drug-likeness (QED) is 0.851. The normalized spacial score (nSPS) is 10.3. The average molecular weight is 292 g/mol. The number of thiol groups is 1. The lowest BCUT2D eigenvalue weighted by Gasteiger charge is -2.17. The molecule has 2 aromatic rings. The Morgan fingerprint density at radius 3 is 2.53 bits per heavy atom. The van der Waals surface area contributed by atoms with E-state index in [1.165, 1.54) is 0 Å². The molecule has 0 radical (unpaired) electrons. The van der Waals surface area contributed by atoms with Crippen molar-refractivity contribution in [2.75, 3.05) is 7.05 Å². The third-order valence-corrected chi connectivity index (χ3v) is 3.30. The van der Waals surface area contributed by atoms with E-state index in [1.54, 1.807) is 24.1 Å². The number of nitrogens with zero attached hydrogens (tertiary/aromatic N) is 1. The number of benzene rings is 2. The van der Waals surface area contributed by atoms with Crippen molar-refractivity contribution in [2.24, 2.45) is 0 Å². The van der Waals surface area contributed by atoms with Gasteiger partial charge in [-0.1, -0.05) is 23.7 Å². The summed E-state index contributed by atoms with van der Waals surface area (Å²) in [5.74, 6) is -0.0201. The van der Waals surface area contributed by atoms with E-state index in [0.29, 0.717) is 17.1 Å². The summed E-state index contributed by atoms with van der Waals surface area (Å²) in [6.45, 7) is 0.530. The van der Waals surface area contributed by atoms with Gasteiger partial charge in [-0.3, -0.25) is 4.79 Å². The molecule has 0 aliphatic carbocycles. The van der Waals surface area contributed by atoms with Gasteiger partial charge in [-0.25, -0.2) is 0 Å². The van der Waals surface area contributed by atoms with E-state index in [2.05, 4.69) is 12.6 Å². The average Bonchev–Trinajstić information content (AvgIpc) is 2.39. The van der Waals surface area contributed by atoms with E-state index in [0.717, 1.165) is 10.5 Å². The van der Waals surface area contributed by atoms with Gasteiger partial charge in [0.1, 0.15) is 0 Å². The predicted molar refractivity (Wildman–Crippen MR) is 80.9 cm³/mol. The molecular weight excluding hydrogens is 278 g/mol. The van der Waals surface area contributed by atoms with Crippen LogP contribution in [0.25, 0.3) is 0 Å². The molecule has 19 heavy (non-hydrogen) atoms. The van der Waals surface area contributed by atoms with Crippen molar-refractivity contribution >= 4 is 30.1 Å². The van der Waals surface area contributed by atoms with Gasteiger partial charge in [-0.15, -0.1) is 12.6 Å². The smallest absolute Gasteiger partial charge is 0.253 e. The Labute approximate surface area is 123 Å². The molecule has 98 valence electrons. The summed E-state index contributed by atoms with van der Waals surface area (Å²) in [5.41, 5.74) is 1.66. The molecule has 0 aliphatic rings. The van der Waals surface area contributed by atoms with Crippen LogP contribution < -0.4 is 0 Å². The summed E-state index contributed by atoms with van der Waals surface area (Å²) in [7, 11) is 1.78. The lowest BCUT2D eigenvalue weighted by Crippen LogP contribution is -2.26. The summed E-state index contributed by atoms with van der Waals surface area (Å²) >= 11 is 10.1. The first-order chi connectivity index (χ1) is 9.06. The maximum Gasteiger partial charge on any atom is 0.253 e. The van der Waals surface area contributed by atoms with E-state index < -0.39 is 0 Å². The number of amides is 1. The van der Waals surface area contributed by atoms with Crippen LogP contribution in [0.3, 0.4) is 0 Å². The summed E-state index contributed by atoms with van der Waals surface area (Å²) in [6.07, 6.45) is 0. The molecule has 0 heterocycles. The van der Waals surface area contributed by atoms with E-state index in [4.69, 9.17) is 11.6 Å². The van der Waals surface area contributed by atoms with Gasteiger partial charge < -0.3 is 4.90 Å². The number of rotatable bonds is 3. The zero-order chi connectivity index (χ0) is 13.8. The van der Waals surface area contributed by atoms with Gasteiger partial charge in [0.05, 0.1) is 0 Å². The minimum Gasteiger partial charge on any atom is -0.337 e. The number of carbonyl (C=O) groups is 1. The highest BCUT2D eigenvalue weighted by Gasteiger charge is 2.11. The maximum absolute atomic E-state index is 12.2. The highest BCUT2D eigenvalue weighted by molar-refractivity contribution is 7.80. The fraction of sp³-hybridized carbons (Fsp3) is 0.133. The highest BCUT2D eigenvalue weighted by atomic mass is 35.5. The maximum atomic E-state index is 12.2. The van der Waals surface area contributed by atoms with Crippen molar-refractivity contribution in [1.82, 2.24) is 4.90 Å². The van der Waals surface area contributed by atoms with Crippen LogP contribution in [0.4, 0.5) is 0 Å². The molecule has 0 spiro atoms. The molecule has 1 amide bonds. The summed E-state index contributed by atoms with van der Waals surface area (Å²) in [4.78, 5) is 14.7. The molecule has 0 aliphatic heterocycles. The van der Waals surface area contributed by atoms with Crippen molar-refractivity contribution in [1.29, 1.82) is 0 Å². The van der Waals surface area contributed by atoms with Crippen LogP contribution in [0.5, 0.6) is 0 Å². The van der Waals surface area contributed by atoms with Gasteiger partial charge in [0.25, 0.3) is 5.91 Å². The van der Waals surface area contributed by atoms with E-state index in [-0.39, 0.29) is 5.91 Å². The Bertz CT molecular complexity index is 583. The Balaban J connectivity index is 2.09. The van der Waals surface area contributed by atoms with Crippen molar-refractivity contribution in [3.05, 3.63) is 64.7 Å². The zero-order valence-electron chi connectivity index (χ0n) is 10.5. The van der Waals surface area contributed by atoms with Gasteiger partial charge >= 0.3 is 0 Å². The fourth-order valence-electron chi connectivity index (χ4n) is 1.81. The predicted octanol–water partition coefficient (Wildman–Crippen LogP) is 3.90. The first-order valence-corrected chi connectivity index (χ1v) is 6.68. The molecule has 0 bridgehead atoms. The Kier molecular flexibility index (Phi) is 4.51. The largest absolute Gasteiger partial charge is 0.337 e. The summed E-state index contributed by atoms with van der Waals surface area (Å²) < 4.78 is 0. The van der Waals surface area contributed by atoms with Gasteiger partial charge in [0.15, 0.2) is 0 Å². The third kappa shape index (κ3) is 3.75. The second-order valence-corrected chi connectivity index (χ2v) is 5.29. The molecule has 0 saturated carbocycles. The number of carbonyl (C=O) groups excluding carboxylic acids is 1. The molecule has 0 saturated heterocycles. The molecule has 0 fully saturated rings. The SMILES string of the molecule is CN(Cc1cccc(Cl)c1)C(=O)c1ccc(S)cc1. The molecular formula is C15H14ClNOS. The van der Waals surface area contributed by atoms with Crippen LogP contribution in [-0.2, 0) is 6.54 Å².